The molecule has 2 rings (SSSR count). The first-order valence-corrected chi connectivity index (χ1v) is 5.39. The van der Waals surface area contributed by atoms with Crippen LogP contribution in [0.4, 0.5) is 0 Å². The predicted octanol–water partition coefficient (Wildman–Crippen LogP) is 1.74. The fourth-order valence-electron chi connectivity index (χ4n) is 2.37. The molecule has 1 aliphatic heterocycles. The van der Waals surface area contributed by atoms with E-state index in [2.05, 4.69) is 24.5 Å². The second kappa shape index (κ2) is 2.64. The van der Waals surface area contributed by atoms with E-state index >= 15 is 0 Å². The van der Waals surface area contributed by atoms with Crippen molar-refractivity contribution >= 4 is 34.5 Å². The Balaban J connectivity index is 2.24. The van der Waals surface area contributed by atoms with Crippen molar-refractivity contribution in [3.63, 3.8) is 0 Å². The van der Waals surface area contributed by atoms with Gasteiger partial charge >= 0.3 is 0 Å². The van der Waals surface area contributed by atoms with Crippen molar-refractivity contribution in [2.24, 2.45) is 5.41 Å². The van der Waals surface area contributed by atoms with Gasteiger partial charge in [0.25, 0.3) is 0 Å². The molecule has 1 heterocycles. The summed E-state index contributed by atoms with van der Waals surface area (Å²) in [6, 6.07) is 0. The minimum absolute atomic E-state index is 0.0179. The molecule has 2 aliphatic rings. The van der Waals surface area contributed by atoms with Crippen LogP contribution in [0.1, 0.15) is 33.1 Å². The Bertz CT molecular complexity index is 285. The molecule has 1 spiro atoms. The highest BCUT2D eigenvalue weighted by Crippen LogP contribution is 2.45. The van der Waals surface area contributed by atoms with E-state index in [1.54, 1.807) is 0 Å². The highest BCUT2D eigenvalue weighted by molar-refractivity contribution is 7.82. The van der Waals surface area contributed by atoms with Crippen LogP contribution in [-0.4, -0.2) is 15.6 Å². The largest absolute Gasteiger partial charge is 0.351 e. The van der Waals surface area contributed by atoms with Gasteiger partial charge in [0, 0.05) is 0 Å². The van der Waals surface area contributed by atoms with Crippen molar-refractivity contribution in [2.45, 2.75) is 38.6 Å². The topological polar surface area (TPSA) is 24.1 Å². The predicted molar refractivity (Wildman–Crippen MR) is 61.8 cm³/mol. The van der Waals surface area contributed by atoms with Gasteiger partial charge in [-0.15, -0.1) is 0 Å². The minimum atomic E-state index is -0.0179. The van der Waals surface area contributed by atoms with Crippen molar-refractivity contribution < 1.29 is 0 Å². The lowest BCUT2D eigenvalue weighted by Crippen LogP contribution is -2.43. The van der Waals surface area contributed by atoms with Crippen LogP contribution in [0.2, 0.25) is 0 Å². The smallest absolute Gasteiger partial charge is 0.172 e. The average molecular weight is 214 g/mol. The molecule has 1 saturated carbocycles. The first-order chi connectivity index (χ1) is 5.94. The van der Waals surface area contributed by atoms with Crippen LogP contribution in [-0.2, 0) is 0 Å². The van der Waals surface area contributed by atoms with Crippen LogP contribution in [0.25, 0.3) is 0 Å². The Hall–Kier alpha value is -0.220. The molecule has 1 aliphatic carbocycles. The zero-order chi connectivity index (χ0) is 9.69. The zero-order valence-corrected chi connectivity index (χ0v) is 9.57. The number of rotatable bonds is 0. The molecule has 0 aromatic rings. The average Bonchev–Trinajstić information content (AvgIpc) is 2.38. The van der Waals surface area contributed by atoms with Crippen LogP contribution in [0.3, 0.4) is 0 Å². The molecule has 1 atom stereocenters. The van der Waals surface area contributed by atoms with Gasteiger partial charge in [0.05, 0.1) is 5.54 Å². The monoisotopic (exact) mass is 214 g/mol. The summed E-state index contributed by atoms with van der Waals surface area (Å²) in [6.45, 7) is 4.57. The second-order valence-electron chi connectivity index (χ2n) is 4.83. The van der Waals surface area contributed by atoms with Gasteiger partial charge in [-0.2, -0.15) is 0 Å². The molecule has 2 fully saturated rings. The van der Waals surface area contributed by atoms with Crippen molar-refractivity contribution in [3.8, 4) is 0 Å². The van der Waals surface area contributed by atoms with Crippen molar-refractivity contribution in [1.29, 1.82) is 0 Å². The van der Waals surface area contributed by atoms with Crippen LogP contribution in [0, 0.1) is 5.41 Å². The Morgan fingerprint density at radius 3 is 2.31 bits per heavy atom. The first kappa shape index (κ1) is 9.34. The Morgan fingerprint density at radius 1 is 1.23 bits per heavy atom. The molecule has 0 radical (unpaired) electrons. The molecular formula is C9H14N2S2. The third-order valence-corrected chi connectivity index (χ3v) is 3.72. The summed E-state index contributed by atoms with van der Waals surface area (Å²) in [5.74, 6) is 0. The van der Waals surface area contributed by atoms with Gasteiger partial charge in [-0.3, -0.25) is 0 Å². The lowest BCUT2D eigenvalue weighted by molar-refractivity contribution is 0.361. The SMILES string of the molecule is CC1(C)CCC2(C1)NC(=S)NC2=S. The van der Waals surface area contributed by atoms with Gasteiger partial charge < -0.3 is 10.6 Å². The summed E-state index contributed by atoms with van der Waals surface area (Å²) < 4.78 is 0. The van der Waals surface area contributed by atoms with Gasteiger partial charge in [0.1, 0.15) is 4.99 Å². The molecular weight excluding hydrogens is 200 g/mol. The fraction of sp³-hybridized carbons (Fsp3) is 0.778. The highest BCUT2D eigenvalue weighted by atomic mass is 32.1. The Labute approximate surface area is 89.5 Å². The number of hydrogen-bond donors (Lipinski definition) is 2. The molecule has 0 amide bonds. The maximum atomic E-state index is 5.31. The maximum Gasteiger partial charge on any atom is 0.172 e. The van der Waals surface area contributed by atoms with E-state index < -0.39 is 0 Å². The minimum Gasteiger partial charge on any atom is -0.351 e. The van der Waals surface area contributed by atoms with Gasteiger partial charge in [-0.1, -0.05) is 26.1 Å². The first-order valence-electron chi connectivity index (χ1n) is 4.57. The molecule has 0 aromatic heterocycles. The molecule has 1 unspecified atom stereocenters. The molecule has 0 bridgehead atoms. The standard InChI is InChI=1S/C9H14N2S2/c1-8(2)3-4-9(5-8)6(12)10-7(13)11-9/h3-5H2,1-2H3,(H2,10,11,12,13). The van der Waals surface area contributed by atoms with Crippen LogP contribution < -0.4 is 10.6 Å². The lowest BCUT2D eigenvalue weighted by Gasteiger charge is -2.25. The van der Waals surface area contributed by atoms with Gasteiger partial charge in [-0.05, 0) is 36.9 Å². The van der Waals surface area contributed by atoms with Crippen LogP contribution in [0.15, 0.2) is 0 Å². The van der Waals surface area contributed by atoms with E-state index in [0.717, 1.165) is 17.8 Å². The highest BCUT2D eigenvalue weighted by Gasteiger charge is 2.49. The summed E-state index contributed by atoms with van der Waals surface area (Å²) >= 11 is 10.4. The van der Waals surface area contributed by atoms with E-state index in [0.29, 0.717) is 10.5 Å². The zero-order valence-electron chi connectivity index (χ0n) is 7.94. The summed E-state index contributed by atoms with van der Waals surface area (Å²) in [5.41, 5.74) is 0.370. The van der Waals surface area contributed by atoms with Crippen molar-refractivity contribution in [1.82, 2.24) is 10.6 Å². The normalized spacial score (nSPS) is 36.5. The van der Waals surface area contributed by atoms with E-state index in [9.17, 15) is 0 Å². The quantitative estimate of drug-likeness (QED) is 0.600. The van der Waals surface area contributed by atoms with Crippen LogP contribution >= 0.6 is 24.4 Å². The number of thiocarbonyl (C=S) groups is 2. The number of hydrogen-bond acceptors (Lipinski definition) is 2. The van der Waals surface area contributed by atoms with Crippen molar-refractivity contribution in [2.75, 3.05) is 0 Å². The molecule has 0 aromatic carbocycles. The summed E-state index contributed by atoms with van der Waals surface area (Å²) in [4.78, 5) is 0.892. The van der Waals surface area contributed by atoms with E-state index in [1.165, 1.54) is 6.42 Å². The molecule has 4 heteroatoms. The number of nitrogens with one attached hydrogen (secondary N) is 2. The maximum absolute atomic E-state index is 5.31. The molecule has 72 valence electrons. The summed E-state index contributed by atoms with van der Waals surface area (Å²) in [6.07, 6.45) is 3.41. The van der Waals surface area contributed by atoms with E-state index in [1.807, 2.05) is 0 Å². The van der Waals surface area contributed by atoms with E-state index in [-0.39, 0.29) is 5.54 Å². The van der Waals surface area contributed by atoms with Gasteiger partial charge in [0.15, 0.2) is 5.11 Å². The molecule has 2 N–H and O–H groups in total. The van der Waals surface area contributed by atoms with Gasteiger partial charge in [-0.25, -0.2) is 0 Å². The van der Waals surface area contributed by atoms with Crippen molar-refractivity contribution in [3.05, 3.63) is 0 Å². The second-order valence-corrected chi connectivity index (χ2v) is 5.65. The molecule has 13 heavy (non-hydrogen) atoms. The van der Waals surface area contributed by atoms with Gasteiger partial charge in [0.2, 0.25) is 0 Å². The van der Waals surface area contributed by atoms with E-state index in [4.69, 9.17) is 24.4 Å². The third kappa shape index (κ3) is 1.46. The Morgan fingerprint density at radius 2 is 1.92 bits per heavy atom. The lowest BCUT2D eigenvalue weighted by atomic mass is 9.88. The Kier molecular flexibility index (Phi) is 1.90. The molecule has 1 saturated heterocycles. The molecule has 2 nitrogen and oxygen atoms in total. The fourth-order valence-corrected chi connectivity index (χ4v) is 3.06. The summed E-state index contributed by atoms with van der Waals surface area (Å²) in [7, 11) is 0. The van der Waals surface area contributed by atoms with Crippen LogP contribution in [0.5, 0.6) is 0 Å². The third-order valence-electron chi connectivity index (χ3n) is 3.02. The summed E-state index contributed by atoms with van der Waals surface area (Å²) in [5, 5.41) is 7.05.